The predicted octanol–water partition coefficient (Wildman–Crippen LogP) is 1.87. The second-order valence-corrected chi connectivity index (χ2v) is 4.56. The first-order valence-corrected chi connectivity index (χ1v) is 6.03. The third kappa shape index (κ3) is 2.77. The third-order valence-corrected chi connectivity index (χ3v) is 3.42. The number of carboxylic acids is 1. The number of aromatic nitrogens is 1. The fourth-order valence-corrected chi connectivity index (χ4v) is 2.42. The Balaban J connectivity index is 1.91. The molecule has 1 saturated carbocycles. The van der Waals surface area contributed by atoms with Gasteiger partial charge in [0.15, 0.2) is 0 Å². The van der Waals surface area contributed by atoms with Crippen molar-refractivity contribution in [3.05, 3.63) is 24.0 Å². The maximum Gasteiger partial charge on any atom is 0.306 e. The van der Waals surface area contributed by atoms with Crippen LogP contribution >= 0.6 is 0 Å². The number of carbonyl (C=O) groups is 1. The first-order valence-electron chi connectivity index (χ1n) is 6.03. The molecule has 0 amide bonds. The standard InChI is InChI=1S/C13H15N3O2/c14-6-10-4-5-11(8-16-10)15-7-9-2-1-3-12(9)13(17)18/h4-5,8-9,12,15H,1-3,7H2,(H,17,18). The summed E-state index contributed by atoms with van der Waals surface area (Å²) in [6.07, 6.45) is 4.30. The maximum absolute atomic E-state index is 11.0. The zero-order chi connectivity index (χ0) is 13.0. The topological polar surface area (TPSA) is 86.0 Å². The highest BCUT2D eigenvalue weighted by molar-refractivity contribution is 5.70. The van der Waals surface area contributed by atoms with Gasteiger partial charge >= 0.3 is 5.97 Å². The summed E-state index contributed by atoms with van der Waals surface area (Å²) in [6.45, 7) is 0.643. The Morgan fingerprint density at radius 3 is 3.00 bits per heavy atom. The highest BCUT2D eigenvalue weighted by Gasteiger charge is 2.32. The van der Waals surface area contributed by atoms with Crippen molar-refractivity contribution >= 4 is 11.7 Å². The SMILES string of the molecule is N#Cc1ccc(NCC2CCCC2C(=O)O)cn1. The van der Waals surface area contributed by atoms with E-state index in [0.29, 0.717) is 12.2 Å². The van der Waals surface area contributed by atoms with Gasteiger partial charge in [-0.2, -0.15) is 5.26 Å². The fourth-order valence-electron chi connectivity index (χ4n) is 2.42. The van der Waals surface area contributed by atoms with Gasteiger partial charge in [-0.3, -0.25) is 4.79 Å². The van der Waals surface area contributed by atoms with Crippen molar-refractivity contribution < 1.29 is 9.90 Å². The number of hydrogen-bond acceptors (Lipinski definition) is 4. The second-order valence-electron chi connectivity index (χ2n) is 4.56. The lowest BCUT2D eigenvalue weighted by molar-refractivity contribution is -0.142. The largest absolute Gasteiger partial charge is 0.481 e. The van der Waals surface area contributed by atoms with E-state index < -0.39 is 5.97 Å². The van der Waals surface area contributed by atoms with Crippen molar-refractivity contribution in [3.63, 3.8) is 0 Å². The Morgan fingerprint density at radius 2 is 2.39 bits per heavy atom. The minimum Gasteiger partial charge on any atom is -0.481 e. The first kappa shape index (κ1) is 12.4. The number of rotatable bonds is 4. The molecule has 0 aliphatic heterocycles. The highest BCUT2D eigenvalue weighted by Crippen LogP contribution is 2.31. The van der Waals surface area contributed by atoms with Crippen molar-refractivity contribution in [2.45, 2.75) is 19.3 Å². The van der Waals surface area contributed by atoms with Crippen LogP contribution in [0.4, 0.5) is 5.69 Å². The number of nitrogens with zero attached hydrogens (tertiary/aromatic N) is 2. The molecule has 1 heterocycles. The van der Waals surface area contributed by atoms with Crippen LogP contribution in [0.5, 0.6) is 0 Å². The van der Waals surface area contributed by atoms with Gasteiger partial charge in [0.1, 0.15) is 11.8 Å². The summed E-state index contributed by atoms with van der Waals surface area (Å²) in [7, 11) is 0. The van der Waals surface area contributed by atoms with Crippen molar-refractivity contribution in [2.24, 2.45) is 11.8 Å². The summed E-state index contributed by atoms with van der Waals surface area (Å²) in [4.78, 5) is 15.0. The molecule has 18 heavy (non-hydrogen) atoms. The fraction of sp³-hybridized carbons (Fsp3) is 0.462. The van der Waals surface area contributed by atoms with Gasteiger partial charge in [-0.15, -0.1) is 0 Å². The smallest absolute Gasteiger partial charge is 0.306 e. The Hall–Kier alpha value is -2.09. The molecule has 0 radical (unpaired) electrons. The van der Waals surface area contributed by atoms with E-state index in [9.17, 15) is 4.79 Å². The molecule has 2 N–H and O–H groups in total. The maximum atomic E-state index is 11.0. The lowest BCUT2D eigenvalue weighted by Gasteiger charge is -2.16. The second kappa shape index (κ2) is 5.50. The quantitative estimate of drug-likeness (QED) is 0.845. The summed E-state index contributed by atoms with van der Waals surface area (Å²) < 4.78 is 0. The van der Waals surface area contributed by atoms with Crippen molar-refractivity contribution in [1.29, 1.82) is 5.26 Å². The zero-order valence-electron chi connectivity index (χ0n) is 9.97. The van der Waals surface area contributed by atoms with E-state index in [4.69, 9.17) is 10.4 Å². The molecule has 2 unspecified atom stereocenters. The number of nitrogens with one attached hydrogen (secondary N) is 1. The molecule has 0 saturated heterocycles. The van der Waals surface area contributed by atoms with E-state index in [-0.39, 0.29) is 11.8 Å². The van der Waals surface area contributed by atoms with E-state index in [2.05, 4.69) is 10.3 Å². The monoisotopic (exact) mass is 245 g/mol. The molecule has 2 rings (SSSR count). The Morgan fingerprint density at radius 1 is 1.56 bits per heavy atom. The number of anilines is 1. The van der Waals surface area contributed by atoms with Crippen molar-refractivity contribution in [3.8, 4) is 6.07 Å². The van der Waals surface area contributed by atoms with Gasteiger partial charge < -0.3 is 10.4 Å². The Bertz CT molecular complexity index is 464. The minimum atomic E-state index is -0.697. The van der Waals surface area contributed by atoms with Crippen LogP contribution in [0.2, 0.25) is 0 Å². The van der Waals surface area contributed by atoms with Gasteiger partial charge in [-0.1, -0.05) is 6.42 Å². The normalized spacial score (nSPS) is 22.4. The van der Waals surface area contributed by atoms with Crippen LogP contribution in [-0.2, 0) is 4.79 Å². The molecule has 2 atom stereocenters. The lowest BCUT2D eigenvalue weighted by atomic mass is 9.96. The zero-order valence-corrected chi connectivity index (χ0v) is 9.97. The Kier molecular flexibility index (Phi) is 3.78. The van der Waals surface area contributed by atoms with E-state index in [1.165, 1.54) is 0 Å². The van der Waals surface area contributed by atoms with Crippen LogP contribution in [0.1, 0.15) is 25.0 Å². The number of carboxylic acid groups (broad SMARTS) is 1. The number of aliphatic carboxylic acids is 1. The molecule has 5 nitrogen and oxygen atoms in total. The summed E-state index contributed by atoms with van der Waals surface area (Å²) in [6, 6.07) is 5.39. The summed E-state index contributed by atoms with van der Waals surface area (Å²) in [5.41, 5.74) is 1.20. The lowest BCUT2D eigenvalue weighted by Crippen LogP contribution is -2.24. The van der Waals surface area contributed by atoms with Crippen molar-refractivity contribution in [2.75, 3.05) is 11.9 Å². The first-order chi connectivity index (χ1) is 8.70. The van der Waals surface area contributed by atoms with Gasteiger partial charge in [-0.25, -0.2) is 4.98 Å². The molecule has 1 aliphatic carbocycles. The van der Waals surface area contributed by atoms with Gasteiger partial charge in [0.25, 0.3) is 0 Å². The van der Waals surface area contributed by atoms with Gasteiger partial charge in [0, 0.05) is 6.54 Å². The highest BCUT2D eigenvalue weighted by atomic mass is 16.4. The molecular formula is C13H15N3O2. The van der Waals surface area contributed by atoms with Crippen LogP contribution < -0.4 is 5.32 Å². The summed E-state index contributed by atoms with van der Waals surface area (Å²) in [5.74, 6) is -0.751. The number of nitriles is 1. The van der Waals surface area contributed by atoms with Crippen LogP contribution in [0.3, 0.4) is 0 Å². The molecule has 1 fully saturated rings. The van der Waals surface area contributed by atoms with Gasteiger partial charge in [0.05, 0.1) is 17.8 Å². The molecule has 0 aromatic carbocycles. The van der Waals surface area contributed by atoms with E-state index >= 15 is 0 Å². The summed E-state index contributed by atoms with van der Waals surface area (Å²) >= 11 is 0. The van der Waals surface area contributed by atoms with Gasteiger partial charge in [-0.05, 0) is 30.9 Å². The van der Waals surface area contributed by atoms with Crippen LogP contribution in [0.15, 0.2) is 18.3 Å². The Labute approximate surface area is 105 Å². The number of pyridine rings is 1. The van der Waals surface area contributed by atoms with E-state index in [1.54, 1.807) is 18.3 Å². The predicted molar refractivity (Wildman–Crippen MR) is 65.9 cm³/mol. The summed E-state index contributed by atoms with van der Waals surface area (Å²) in [5, 5.41) is 20.9. The molecule has 0 bridgehead atoms. The molecule has 0 spiro atoms. The molecule has 1 aromatic heterocycles. The molecule has 1 aromatic rings. The van der Waals surface area contributed by atoms with Crippen LogP contribution in [-0.4, -0.2) is 22.6 Å². The van der Waals surface area contributed by atoms with E-state index in [0.717, 1.165) is 24.9 Å². The van der Waals surface area contributed by atoms with Crippen LogP contribution in [0, 0.1) is 23.2 Å². The molecule has 94 valence electrons. The van der Waals surface area contributed by atoms with Crippen LogP contribution in [0.25, 0.3) is 0 Å². The molecule has 1 aliphatic rings. The van der Waals surface area contributed by atoms with E-state index in [1.807, 2.05) is 6.07 Å². The minimum absolute atomic E-state index is 0.179. The van der Waals surface area contributed by atoms with Crippen molar-refractivity contribution in [1.82, 2.24) is 4.98 Å². The number of hydrogen-bond donors (Lipinski definition) is 2. The van der Waals surface area contributed by atoms with Gasteiger partial charge in [0.2, 0.25) is 0 Å². The third-order valence-electron chi connectivity index (χ3n) is 3.42. The average molecular weight is 245 g/mol. The molecular weight excluding hydrogens is 230 g/mol. The average Bonchev–Trinajstić information content (AvgIpc) is 2.85. The molecule has 5 heteroatoms.